The molecule has 0 bridgehead atoms. The van der Waals surface area contributed by atoms with E-state index in [1.807, 2.05) is 38.1 Å². The summed E-state index contributed by atoms with van der Waals surface area (Å²) in [6.45, 7) is 3.77. The predicted octanol–water partition coefficient (Wildman–Crippen LogP) is 1.64. The van der Waals surface area contributed by atoms with Gasteiger partial charge in [-0.3, -0.25) is 4.79 Å². The highest BCUT2D eigenvalue weighted by atomic mass is 16.5. The Bertz CT molecular complexity index is 496. The number of fused-ring (bicyclic) bond motifs is 1. The van der Waals surface area contributed by atoms with Crippen LogP contribution < -0.4 is 5.32 Å². The van der Waals surface area contributed by atoms with E-state index < -0.39 is 12.0 Å². The van der Waals surface area contributed by atoms with Crippen molar-refractivity contribution in [2.75, 3.05) is 7.11 Å². The summed E-state index contributed by atoms with van der Waals surface area (Å²) in [7, 11) is 1.34. The number of ether oxygens (including phenoxy) is 1. The maximum Gasteiger partial charge on any atom is 0.328 e. The van der Waals surface area contributed by atoms with Crippen LogP contribution in [0.5, 0.6) is 0 Å². The van der Waals surface area contributed by atoms with E-state index in [1.165, 1.54) is 12.7 Å². The number of nitrogens with one attached hydrogen (secondary N) is 1. The summed E-state index contributed by atoms with van der Waals surface area (Å²) in [5.41, 5.74) is 2.27. The van der Waals surface area contributed by atoms with Crippen LogP contribution in [0.1, 0.15) is 30.9 Å². The predicted molar refractivity (Wildman–Crippen MR) is 71.7 cm³/mol. The maximum atomic E-state index is 12.2. The van der Waals surface area contributed by atoms with Crippen LogP contribution in [-0.2, 0) is 20.7 Å². The molecule has 0 aromatic heterocycles. The van der Waals surface area contributed by atoms with Crippen molar-refractivity contribution < 1.29 is 14.3 Å². The first-order valence-corrected chi connectivity index (χ1v) is 6.50. The van der Waals surface area contributed by atoms with Crippen LogP contribution in [0.15, 0.2) is 24.3 Å². The zero-order valence-electron chi connectivity index (χ0n) is 11.5. The highest BCUT2D eigenvalue weighted by molar-refractivity contribution is 5.90. The van der Waals surface area contributed by atoms with E-state index in [0.29, 0.717) is 0 Å². The molecule has 1 N–H and O–H groups in total. The minimum absolute atomic E-state index is 0.00622. The summed E-state index contributed by atoms with van der Waals surface area (Å²) in [6, 6.07) is 7.31. The fourth-order valence-corrected chi connectivity index (χ4v) is 2.37. The number of benzene rings is 1. The molecular weight excluding hydrogens is 242 g/mol. The number of rotatable bonds is 4. The van der Waals surface area contributed by atoms with Crippen molar-refractivity contribution in [2.24, 2.45) is 5.92 Å². The molecule has 0 aliphatic heterocycles. The van der Waals surface area contributed by atoms with Crippen molar-refractivity contribution in [3.63, 3.8) is 0 Å². The van der Waals surface area contributed by atoms with Gasteiger partial charge >= 0.3 is 5.97 Å². The Morgan fingerprint density at radius 3 is 2.58 bits per heavy atom. The van der Waals surface area contributed by atoms with Crippen molar-refractivity contribution in [2.45, 2.75) is 32.2 Å². The van der Waals surface area contributed by atoms with Gasteiger partial charge < -0.3 is 10.1 Å². The molecule has 2 rings (SSSR count). The molecule has 2 unspecified atom stereocenters. The van der Waals surface area contributed by atoms with E-state index in [0.717, 1.165) is 12.0 Å². The Labute approximate surface area is 113 Å². The maximum absolute atomic E-state index is 12.2. The normalized spacial score (nSPS) is 18.2. The van der Waals surface area contributed by atoms with Crippen LogP contribution in [-0.4, -0.2) is 25.0 Å². The molecule has 1 aliphatic carbocycles. The van der Waals surface area contributed by atoms with Gasteiger partial charge in [-0.1, -0.05) is 38.1 Å². The zero-order valence-corrected chi connectivity index (χ0v) is 11.5. The molecule has 0 fully saturated rings. The van der Waals surface area contributed by atoms with Crippen molar-refractivity contribution in [3.8, 4) is 0 Å². The van der Waals surface area contributed by atoms with Gasteiger partial charge in [-0.2, -0.15) is 0 Å². The SMILES string of the molecule is COC(=O)C(NC(=O)C1Cc2ccccc21)C(C)C. The molecule has 19 heavy (non-hydrogen) atoms. The molecule has 0 spiro atoms. The van der Waals surface area contributed by atoms with Crippen molar-refractivity contribution in [1.29, 1.82) is 0 Å². The van der Waals surface area contributed by atoms with Crippen LogP contribution >= 0.6 is 0 Å². The lowest BCUT2D eigenvalue weighted by Crippen LogP contribution is -2.48. The van der Waals surface area contributed by atoms with Crippen molar-refractivity contribution in [1.82, 2.24) is 5.32 Å². The average Bonchev–Trinajstić information content (AvgIpc) is 2.36. The molecule has 0 saturated heterocycles. The third-order valence-electron chi connectivity index (χ3n) is 3.59. The molecule has 1 aliphatic rings. The van der Waals surface area contributed by atoms with Crippen LogP contribution in [0, 0.1) is 5.92 Å². The molecule has 0 saturated carbocycles. The van der Waals surface area contributed by atoms with Crippen LogP contribution in [0.2, 0.25) is 0 Å². The van der Waals surface area contributed by atoms with Crippen molar-refractivity contribution in [3.05, 3.63) is 35.4 Å². The van der Waals surface area contributed by atoms with Gasteiger partial charge in [0.25, 0.3) is 0 Å². The Kier molecular flexibility index (Phi) is 3.88. The fraction of sp³-hybridized carbons (Fsp3) is 0.467. The van der Waals surface area contributed by atoms with Gasteiger partial charge in [-0.05, 0) is 23.5 Å². The summed E-state index contributed by atoms with van der Waals surface area (Å²) >= 11 is 0. The number of esters is 1. The third kappa shape index (κ3) is 2.62. The molecule has 1 aromatic carbocycles. The van der Waals surface area contributed by atoms with E-state index in [1.54, 1.807) is 0 Å². The van der Waals surface area contributed by atoms with E-state index in [2.05, 4.69) is 5.32 Å². The lowest BCUT2D eigenvalue weighted by Gasteiger charge is -2.31. The first-order chi connectivity index (χ1) is 9.04. The minimum Gasteiger partial charge on any atom is -0.467 e. The van der Waals surface area contributed by atoms with Gasteiger partial charge in [-0.25, -0.2) is 4.79 Å². The van der Waals surface area contributed by atoms with Crippen molar-refractivity contribution >= 4 is 11.9 Å². The van der Waals surface area contributed by atoms with Gasteiger partial charge in [0, 0.05) is 0 Å². The second-order valence-corrected chi connectivity index (χ2v) is 5.21. The summed E-state index contributed by atoms with van der Waals surface area (Å²) in [4.78, 5) is 23.8. The number of hydrogen-bond acceptors (Lipinski definition) is 3. The Morgan fingerprint density at radius 1 is 1.32 bits per heavy atom. The second kappa shape index (κ2) is 5.43. The Morgan fingerprint density at radius 2 is 2.00 bits per heavy atom. The minimum atomic E-state index is -0.578. The molecule has 4 nitrogen and oxygen atoms in total. The number of carbonyl (C=O) groups excluding carboxylic acids is 2. The number of carbonyl (C=O) groups is 2. The zero-order chi connectivity index (χ0) is 14.0. The van der Waals surface area contributed by atoms with Gasteiger partial charge in [0.1, 0.15) is 6.04 Å². The molecule has 0 radical (unpaired) electrons. The largest absolute Gasteiger partial charge is 0.467 e. The van der Waals surface area contributed by atoms with Crippen LogP contribution in [0.25, 0.3) is 0 Å². The fourth-order valence-electron chi connectivity index (χ4n) is 2.37. The van der Waals surface area contributed by atoms with E-state index in [-0.39, 0.29) is 17.7 Å². The molecule has 4 heteroatoms. The smallest absolute Gasteiger partial charge is 0.328 e. The molecule has 1 aromatic rings. The quantitative estimate of drug-likeness (QED) is 0.838. The van der Waals surface area contributed by atoms with Gasteiger partial charge in [-0.15, -0.1) is 0 Å². The van der Waals surface area contributed by atoms with Gasteiger partial charge in [0.15, 0.2) is 0 Å². The van der Waals surface area contributed by atoms with Crippen LogP contribution in [0.4, 0.5) is 0 Å². The van der Waals surface area contributed by atoms with Gasteiger partial charge in [0.2, 0.25) is 5.91 Å². The average molecular weight is 261 g/mol. The Balaban J connectivity index is 2.04. The van der Waals surface area contributed by atoms with E-state index >= 15 is 0 Å². The number of amides is 1. The standard InChI is InChI=1S/C15H19NO3/c1-9(2)13(15(18)19-3)16-14(17)12-8-10-6-4-5-7-11(10)12/h4-7,9,12-13H,8H2,1-3H3,(H,16,17). The highest BCUT2D eigenvalue weighted by Crippen LogP contribution is 2.34. The number of hydrogen-bond donors (Lipinski definition) is 1. The topological polar surface area (TPSA) is 55.4 Å². The summed E-state index contributed by atoms with van der Waals surface area (Å²) < 4.78 is 4.72. The van der Waals surface area contributed by atoms with Gasteiger partial charge in [0.05, 0.1) is 13.0 Å². The summed E-state index contributed by atoms with van der Waals surface area (Å²) in [5, 5.41) is 2.80. The van der Waals surface area contributed by atoms with E-state index in [4.69, 9.17) is 4.74 Å². The van der Waals surface area contributed by atoms with E-state index in [9.17, 15) is 9.59 Å². The summed E-state index contributed by atoms with van der Waals surface area (Å²) in [6.07, 6.45) is 0.744. The molecule has 0 heterocycles. The van der Waals surface area contributed by atoms with Crippen LogP contribution in [0.3, 0.4) is 0 Å². The monoisotopic (exact) mass is 261 g/mol. The Hall–Kier alpha value is -1.84. The summed E-state index contributed by atoms with van der Waals surface area (Å²) in [5.74, 6) is -0.618. The lowest BCUT2D eigenvalue weighted by atomic mass is 9.77. The first-order valence-electron chi connectivity index (χ1n) is 6.50. The highest BCUT2D eigenvalue weighted by Gasteiger charge is 2.34. The second-order valence-electron chi connectivity index (χ2n) is 5.21. The lowest BCUT2D eigenvalue weighted by molar-refractivity contribution is -0.146. The third-order valence-corrected chi connectivity index (χ3v) is 3.59. The molecule has 102 valence electrons. The molecular formula is C15H19NO3. The first kappa shape index (κ1) is 13.6. The number of methoxy groups -OCH3 is 1. The molecule has 2 atom stereocenters. The molecule has 1 amide bonds.